The van der Waals surface area contributed by atoms with Crippen LogP contribution in [0.4, 0.5) is 17.1 Å². The molecule has 0 unspecified atom stereocenters. The molecule has 0 amide bonds. The molecule has 0 aromatic heterocycles. The average molecular weight is 631 g/mol. The Morgan fingerprint density at radius 2 is 1.82 bits per heavy atom. The van der Waals surface area contributed by atoms with Crippen LogP contribution in [-0.4, -0.2) is 49.7 Å². The number of rotatable bonds is 8. The van der Waals surface area contributed by atoms with E-state index in [4.69, 9.17) is 5.26 Å². The van der Waals surface area contributed by atoms with Crippen LogP contribution in [-0.2, 0) is 24.9 Å². The third-order valence-electron chi connectivity index (χ3n) is 8.28. The Balaban J connectivity index is 1.33. The van der Waals surface area contributed by atoms with Gasteiger partial charge in [0.15, 0.2) is 0 Å². The third-order valence-corrected chi connectivity index (χ3v) is 9.76. The molecule has 0 bridgehead atoms. The molecule has 0 aliphatic carbocycles. The molecular formula is C33H32N3O6S2+. The number of allylic oxidation sites excluding steroid dienone is 6. The van der Waals surface area contributed by atoms with E-state index in [2.05, 4.69) is 81.7 Å². The molecule has 11 heteroatoms. The van der Waals surface area contributed by atoms with Crippen molar-refractivity contribution >= 4 is 66.5 Å². The highest BCUT2D eigenvalue weighted by Crippen LogP contribution is 2.49. The highest BCUT2D eigenvalue weighted by Gasteiger charge is 2.37. The number of fused-ring (bicyclic) bond motifs is 3. The lowest BCUT2D eigenvalue weighted by Crippen LogP contribution is -2.17. The molecule has 0 saturated carbocycles. The fraction of sp³-hybridized carbons (Fsp3) is 0.182. The highest BCUT2D eigenvalue weighted by atomic mass is 32.2. The van der Waals surface area contributed by atoms with Crippen LogP contribution < -0.4 is 10.2 Å². The van der Waals surface area contributed by atoms with E-state index in [1.54, 1.807) is 0 Å². The summed E-state index contributed by atoms with van der Waals surface area (Å²) in [4.78, 5) is 2.21. The molecule has 0 atom stereocenters. The van der Waals surface area contributed by atoms with E-state index in [-0.39, 0.29) is 4.90 Å². The molecule has 0 saturated heterocycles. The standard InChI is InChI=1S/C33H31N3O6S2/c1-33(2)29(34-25-16-15-22-24(31(25)33)18-21(44(38,39)40)19-28(22)43-42-41-37)13-8-6-7-12-26-23-11-9-10-20-14-17-27(35(3)4)32(30(20)23)36(26)5/h6-19H,1-5H3,(H2,37,38,39,40)/p+1. The Morgan fingerprint density at radius 1 is 1.02 bits per heavy atom. The minimum atomic E-state index is -4.51. The summed E-state index contributed by atoms with van der Waals surface area (Å²) in [5.41, 5.74) is 6.77. The second kappa shape index (κ2) is 11.2. The van der Waals surface area contributed by atoms with E-state index >= 15 is 0 Å². The smallest absolute Gasteiger partial charge is 0.294 e. The Labute approximate surface area is 260 Å². The lowest BCUT2D eigenvalue weighted by atomic mass is 9.81. The van der Waals surface area contributed by atoms with E-state index in [1.165, 1.54) is 39.8 Å². The predicted molar refractivity (Wildman–Crippen MR) is 176 cm³/mol. The van der Waals surface area contributed by atoms with E-state index in [0.29, 0.717) is 27.7 Å². The van der Waals surface area contributed by atoms with Crippen molar-refractivity contribution in [2.45, 2.75) is 29.1 Å². The SMILES string of the molecule is CN(C)c1ccc2cccc3c2c1[N+](C)=C3/C=C/C=C/C=C1/Nc2ccc3c(SOOO)cc(S(=O)(=O)O)cc3c2C1(C)C. The van der Waals surface area contributed by atoms with Gasteiger partial charge in [-0.05, 0) is 58.1 Å². The number of anilines is 2. The molecule has 2 heterocycles. The van der Waals surface area contributed by atoms with Crippen LogP contribution in [0.2, 0.25) is 0 Å². The maximum absolute atomic E-state index is 12.1. The van der Waals surface area contributed by atoms with Gasteiger partial charge in [-0.15, -0.1) is 4.33 Å². The van der Waals surface area contributed by atoms with Gasteiger partial charge < -0.3 is 10.2 Å². The van der Waals surface area contributed by atoms with Gasteiger partial charge in [0.25, 0.3) is 10.1 Å². The Morgan fingerprint density at radius 3 is 2.55 bits per heavy atom. The van der Waals surface area contributed by atoms with Crippen LogP contribution in [0.5, 0.6) is 0 Å². The van der Waals surface area contributed by atoms with Crippen molar-refractivity contribution in [3.05, 3.63) is 102 Å². The van der Waals surface area contributed by atoms with Gasteiger partial charge in [-0.1, -0.05) is 61.4 Å². The molecule has 4 aromatic carbocycles. The maximum Gasteiger partial charge on any atom is 0.294 e. The molecule has 226 valence electrons. The van der Waals surface area contributed by atoms with E-state index in [0.717, 1.165) is 22.7 Å². The molecule has 9 nitrogen and oxygen atoms in total. The lowest BCUT2D eigenvalue weighted by molar-refractivity contribution is -0.432. The van der Waals surface area contributed by atoms with Gasteiger partial charge in [-0.3, -0.25) is 4.55 Å². The van der Waals surface area contributed by atoms with Crippen LogP contribution >= 0.6 is 12.0 Å². The first-order valence-electron chi connectivity index (χ1n) is 13.8. The topological polar surface area (TPSA) is 111 Å². The van der Waals surface area contributed by atoms with Crippen LogP contribution in [0.25, 0.3) is 21.5 Å². The number of nitrogens with zero attached hydrogens (tertiary/aromatic N) is 2. The van der Waals surface area contributed by atoms with Gasteiger partial charge in [0.2, 0.25) is 11.4 Å². The van der Waals surface area contributed by atoms with Crippen molar-refractivity contribution in [2.24, 2.45) is 0 Å². The first-order chi connectivity index (χ1) is 20.9. The zero-order chi connectivity index (χ0) is 31.4. The lowest BCUT2D eigenvalue weighted by Gasteiger charge is -2.22. The van der Waals surface area contributed by atoms with Crippen molar-refractivity contribution in [1.82, 2.24) is 0 Å². The summed E-state index contributed by atoms with van der Waals surface area (Å²) in [6.45, 7) is 4.09. The van der Waals surface area contributed by atoms with Gasteiger partial charge in [-0.25, -0.2) is 5.26 Å². The quantitative estimate of drug-likeness (QED) is 0.0464. The molecular weight excluding hydrogens is 599 g/mol. The van der Waals surface area contributed by atoms with Gasteiger partial charge in [-0.2, -0.15) is 13.0 Å². The van der Waals surface area contributed by atoms with Gasteiger partial charge >= 0.3 is 0 Å². The molecule has 4 aromatic rings. The zero-order valence-electron chi connectivity index (χ0n) is 24.8. The first kappa shape index (κ1) is 30.1. The molecule has 3 N–H and O–H groups in total. The number of hydrogen-bond acceptors (Lipinski definition) is 8. The van der Waals surface area contributed by atoms with E-state index in [1.807, 2.05) is 50.3 Å². The van der Waals surface area contributed by atoms with E-state index < -0.39 is 15.5 Å². The van der Waals surface area contributed by atoms with Crippen molar-refractivity contribution in [3.63, 3.8) is 0 Å². The molecule has 2 aliphatic rings. The molecule has 0 radical (unpaired) electrons. The first-order valence-corrected chi connectivity index (χ1v) is 16.0. The van der Waals surface area contributed by atoms with Gasteiger partial charge in [0.1, 0.15) is 12.7 Å². The molecule has 0 spiro atoms. The summed E-state index contributed by atoms with van der Waals surface area (Å²) in [7, 11) is 1.70. The zero-order valence-corrected chi connectivity index (χ0v) is 26.5. The molecule has 44 heavy (non-hydrogen) atoms. The summed E-state index contributed by atoms with van der Waals surface area (Å²) in [5, 5.41) is 19.6. The summed E-state index contributed by atoms with van der Waals surface area (Å²) < 4.78 is 40.8. The summed E-state index contributed by atoms with van der Waals surface area (Å²) >= 11 is 0.644. The fourth-order valence-electron chi connectivity index (χ4n) is 6.24. The Bertz CT molecular complexity index is 2080. The maximum atomic E-state index is 12.1. The summed E-state index contributed by atoms with van der Waals surface area (Å²) in [6, 6.07) is 17.2. The Kier molecular flexibility index (Phi) is 7.65. The van der Waals surface area contributed by atoms with Gasteiger partial charge in [0, 0.05) is 41.9 Å². The third kappa shape index (κ3) is 5.01. The number of benzene rings is 4. The van der Waals surface area contributed by atoms with Crippen molar-refractivity contribution in [3.8, 4) is 0 Å². The predicted octanol–water partition coefficient (Wildman–Crippen LogP) is 7.21. The second-order valence-corrected chi connectivity index (χ2v) is 13.6. The van der Waals surface area contributed by atoms with Crippen LogP contribution in [0.3, 0.4) is 0 Å². The molecule has 6 rings (SSSR count). The fourth-order valence-corrected chi connectivity index (χ4v) is 7.39. The molecule has 0 fully saturated rings. The van der Waals surface area contributed by atoms with Crippen LogP contribution in [0, 0.1) is 0 Å². The second-order valence-electron chi connectivity index (χ2n) is 11.5. The summed E-state index contributed by atoms with van der Waals surface area (Å²) in [5.74, 6) is 0. The molecule has 2 aliphatic heterocycles. The average Bonchev–Trinajstić information content (AvgIpc) is 3.41. The van der Waals surface area contributed by atoms with Crippen molar-refractivity contribution < 1.29 is 32.2 Å². The minimum Gasteiger partial charge on any atom is -0.372 e. The summed E-state index contributed by atoms with van der Waals surface area (Å²) in [6.07, 6.45) is 10.1. The normalized spacial score (nSPS) is 16.7. The van der Waals surface area contributed by atoms with E-state index in [9.17, 15) is 13.0 Å². The van der Waals surface area contributed by atoms with Crippen molar-refractivity contribution in [1.29, 1.82) is 0 Å². The minimum absolute atomic E-state index is 0.286. The van der Waals surface area contributed by atoms with Crippen molar-refractivity contribution in [2.75, 3.05) is 31.4 Å². The highest BCUT2D eigenvalue weighted by molar-refractivity contribution is 7.94. The number of nitrogens with one attached hydrogen (secondary N) is 1. The largest absolute Gasteiger partial charge is 0.372 e. The van der Waals surface area contributed by atoms with Crippen LogP contribution in [0.15, 0.2) is 100 Å². The van der Waals surface area contributed by atoms with Crippen LogP contribution in [0.1, 0.15) is 25.0 Å². The van der Waals surface area contributed by atoms with Gasteiger partial charge in [0.05, 0.1) is 27.9 Å². The Hall–Kier alpha value is -3.97. The monoisotopic (exact) mass is 630 g/mol. The number of hydrogen-bond donors (Lipinski definition) is 3.